The molecule has 90 valence electrons. The van der Waals surface area contributed by atoms with Gasteiger partial charge in [0.25, 0.3) is 0 Å². The Hall–Kier alpha value is -0.120. The van der Waals surface area contributed by atoms with Crippen LogP contribution in [0.4, 0.5) is 0 Å². The Bertz CT molecular complexity index is 162. The lowest BCUT2D eigenvalue weighted by Crippen LogP contribution is -2.44. The molecule has 0 aliphatic carbocycles. The van der Waals surface area contributed by atoms with Crippen molar-refractivity contribution in [3.8, 4) is 0 Å². The molecular formula is C12H27N3. The van der Waals surface area contributed by atoms with Gasteiger partial charge in [0, 0.05) is 25.2 Å². The topological polar surface area (TPSA) is 32.5 Å². The van der Waals surface area contributed by atoms with E-state index in [0.717, 1.165) is 6.54 Å². The number of likely N-dealkylation sites (tertiary alicyclic amines) is 1. The SMILES string of the molecule is CCN(CCN1CCC(N)CC1)C(C)C. The minimum absolute atomic E-state index is 0.452. The van der Waals surface area contributed by atoms with Gasteiger partial charge < -0.3 is 10.6 Å². The molecule has 0 radical (unpaired) electrons. The Labute approximate surface area is 94.6 Å². The maximum absolute atomic E-state index is 5.89. The number of hydrogen-bond donors (Lipinski definition) is 1. The molecule has 3 heteroatoms. The number of piperidine rings is 1. The molecule has 15 heavy (non-hydrogen) atoms. The van der Waals surface area contributed by atoms with E-state index in [1.807, 2.05) is 0 Å². The van der Waals surface area contributed by atoms with E-state index in [-0.39, 0.29) is 0 Å². The summed E-state index contributed by atoms with van der Waals surface area (Å²) in [6.07, 6.45) is 2.35. The van der Waals surface area contributed by atoms with Crippen LogP contribution in [0.5, 0.6) is 0 Å². The van der Waals surface area contributed by atoms with Gasteiger partial charge in [-0.15, -0.1) is 0 Å². The summed E-state index contributed by atoms with van der Waals surface area (Å²) in [5, 5.41) is 0. The highest BCUT2D eigenvalue weighted by Crippen LogP contribution is 2.08. The van der Waals surface area contributed by atoms with Crippen molar-refractivity contribution in [1.29, 1.82) is 0 Å². The molecule has 3 nitrogen and oxygen atoms in total. The van der Waals surface area contributed by atoms with Gasteiger partial charge in [0.05, 0.1) is 0 Å². The van der Waals surface area contributed by atoms with Crippen molar-refractivity contribution in [2.75, 3.05) is 32.7 Å². The highest BCUT2D eigenvalue weighted by Gasteiger charge is 2.16. The van der Waals surface area contributed by atoms with E-state index in [1.54, 1.807) is 0 Å². The minimum Gasteiger partial charge on any atom is -0.328 e. The predicted octanol–water partition coefficient (Wildman–Crippen LogP) is 1.14. The van der Waals surface area contributed by atoms with E-state index >= 15 is 0 Å². The van der Waals surface area contributed by atoms with Gasteiger partial charge in [-0.1, -0.05) is 6.92 Å². The van der Waals surface area contributed by atoms with Crippen molar-refractivity contribution in [2.24, 2.45) is 5.73 Å². The lowest BCUT2D eigenvalue weighted by molar-refractivity contribution is 0.159. The van der Waals surface area contributed by atoms with Crippen LogP contribution in [0.15, 0.2) is 0 Å². The van der Waals surface area contributed by atoms with Crippen LogP contribution >= 0.6 is 0 Å². The van der Waals surface area contributed by atoms with E-state index in [4.69, 9.17) is 5.73 Å². The van der Waals surface area contributed by atoms with E-state index in [0.29, 0.717) is 12.1 Å². The summed E-state index contributed by atoms with van der Waals surface area (Å²) >= 11 is 0. The Morgan fingerprint density at radius 1 is 1.33 bits per heavy atom. The smallest absolute Gasteiger partial charge is 0.0112 e. The van der Waals surface area contributed by atoms with Crippen LogP contribution < -0.4 is 5.73 Å². The number of hydrogen-bond acceptors (Lipinski definition) is 3. The first-order valence-electron chi connectivity index (χ1n) is 6.35. The molecule has 0 saturated carbocycles. The summed E-state index contributed by atoms with van der Waals surface area (Å²) in [7, 11) is 0. The van der Waals surface area contributed by atoms with Gasteiger partial charge in [0.1, 0.15) is 0 Å². The van der Waals surface area contributed by atoms with E-state index in [9.17, 15) is 0 Å². The molecule has 0 aromatic rings. The van der Waals surface area contributed by atoms with Gasteiger partial charge in [-0.25, -0.2) is 0 Å². The molecule has 0 spiro atoms. The van der Waals surface area contributed by atoms with Crippen LogP contribution in [0.25, 0.3) is 0 Å². The minimum atomic E-state index is 0.452. The van der Waals surface area contributed by atoms with Gasteiger partial charge in [-0.05, 0) is 46.3 Å². The molecule has 0 unspecified atom stereocenters. The zero-order valence-electron chi connectivity index (χ0n) is 10.6. The summed E-state index contributed by atoms with van der Waals surface area (Å²) in [6, 6.07) is 1.12. The third-order valence-corrected chi connectivity index (χ3v) is 3.47. The van der Waals surface area contributed by atoms with Crippen molar-refractivity contribution in [2.45, 2.75) is 45.7 Å². The maximum atomic E-state index is 5.89. The second-order valence-electron chi connectivity index (χ2n) is 4.90. The molecular weight excluding hydrogens is 186 g/mol. The molecule has 0 aromatic heterocycles. The molecule has 0 atom stereocenters. The number of rotatable bonds is 5. The van der Waals surface area contributed by atoms with Crippen molar-refractivity contribution in [1.82, 2.24) is 9.80 Å². The monoisotopic (exact) mass is 213 g/mol. The number of nitrogens with zero attached hydrogens (tertiary/aromatic N) is 2. The molecule has 0 amide bonds. The van der Waals surface area contributed by atoms with E-state index < -0.39 is 0 Å². The van der Waals surface area contributed by atoms with Crippen LogP contribution in [-0.2, 0) is 0 Å². The second kappa shape index (κ2) is 6.46. The Kier molecular flexibility index (Phi) is 5.58. The average molecular weight is 213 g/mol. The second-order valence-corrected chi connectivity index (χ2v) is 4.90. The first kappa shape index (κ1) is 12.9. The summed E-state index contributed by atoms with van der Waals surface area (Å²) < 4.78 is 0. The summed E-state index contributed by atoms with van der Waals surface area (Å²) in [5.41, 5.74) is 5.89. The normalized spacial score (nSPS) is 20.4. The first-order chi connectivity index (χ1) is 7.13. The zero-order valence-corrected chi connectivity index (χ0v) is 10.6. The van der Waals surface area contributed by atoms with Gasteiger partial charge >= 0.3 is 0 Å². The number of nitrogens with two attached hydrogens (primary N) is 1. The standard InChI is InChI=1S/C12H27N3/c1-4-15(11(2)3)10-9-14-7-5-12(13)6-8-14/h11-12H,4-10,13H2,1-3H3. The maximum Gasteiger partial charge on any atom is 0.0112 e. The van der Waals surface area contributed by atoms with Crippen LogP contribution in [0, 0.1) is 0 Å². The largest absolute Gasteiger partial charge is 0.328 e. The first-order valence-corrected chi connectivity index (χ1v) is 6.35. The molecule has 1 saturated heterocycles. The summed E-state index contributed by atoms with van der Waals surface area (Å²) in [6.45, 7) is 12.7. The zero-order chi connectivity index (χ0) is 11.3. The Morgan fingerprint density at radius 3 is 2.40 bits per heavy atom. The molecule has 1 aliphatic rings. The third kappa shape index (κ3) is 4.49. The van der Waals surface area contributed by atoms with Gasteiger partial charge in [-0.2, -0.15) is 0 Å². The van der Waals surface area contributed by atoms with Gasteiger partial charge in [0.15, 0.2) is 0 Å². The summed E-state index contributed by atoms with van der Waals surface area (Å²) in [5.74, 6) is 0. The van der Waals surface area contributed by atoms with Crippen molar-refractivity contribution in [3.05, 3.63) is 0 Å². The fourth-order valence-electron chi connectivity index (χ4n) is 2.23. The van der Waals surface area contributed by atoms with E-state index in [1.165, 1.54) is 39.0 Å². The summed E-state index contributed by atoms with van der Waals surface area (Å²) in [4.78, 5) is 5.07. The molecule has 0 bridgehead atoms. The molecule has 1 rings (SSSR count). The van der Waals surface area contributed by atoms with Crippen LogP contribution in [-0.4, -0.2) is 54.6 Å². The molecule has 2 N–H and O–H groups in total. The third-order valence-electron chi connectivity index (χ3n) is 3.47. The average Bonchev–Trinajstić information content (AvgIpc) is 2.21. The van der Waals surface area contributed by atoms with Crippen LogP contribution in [0.2, 0.25) is 0 Å². The molecule has 1 aliphatic heterocycles. The molecule has 1 heterocycles. The quantitative estimate of drug-likeness (QED) is 0.743. The fourth-order valence-corrected chi connectivity index (χ4v) is 2.23. The predicted molar refractivity (Wildman–Crippen MR) is 66.0 cm³/mol. The van der Waals surface area contributed by atoms with Crippen LogP contribution in [0.3, 0.4) is 0 Å². The molecule has 0 aromatic carbocycles. The Balaban J connectivity index is 2.18. The number of likely N-dealkylation sites (N-methyl/N-ethyl adjacent to an activating group) is 1. The molecule has 1 fully saturated rings. The highest BCUT2D eigenvalue weighted by molar-refractivity contribution is 4.75. The van der Waals surface area contributed by atoms with Crippen molar-refractivity contribution in [3.63, 3.8) is 0 Å². The van der Waals surface area contributed by atoms with Crippen LogP contribution in [0.1, 0.15) is 33.6 Å². The fraction of sp³-hybridized carbons (Fsp3) is 1.00. The highest BCUT2D eigenvalue weighted by atomic mass is 15.2. The van der Waals surface area contributed by atoms with Gasteiger partial charge in [-0.3, -0.25) is 4.90 Å². The lowest BCUT2D eigenvalue weighted by atomic mass is 10.1. The Morgan fingerprint density at radius 2 is 1.93 bits per heavy atom. The lowest BCUT2D eigenvalue weighted by Gasteiger charge is -2.33. The van der Waals surface area contributed by atoms with Crippen molar-refractivity contribution >= 4 is 0 Å². The van der Waals surface area contributed by atoms with Gasteiger partial charge in [0.2, 0.25) is 0 Å². The van der Waals surface area contributed by atoms with Crippen molar-refractivity contribution < 1.29 is 0 Å². The van der Waals surface area contributed by atoms with E-state index in [2.05, 4.69) is 30.6 Å².